The normalized spacial score (nSPS) is 28.6. The maximum absolute atomic E-state index is 15.1. The number of carbonyl (C=O) groups excluding carboxylic acids is 3. The minimum absolute atomic E-state index is 0.0449. The van der Waals surface area contributed by atoms with Crippen LogP contribution in [0.5, 0.6) is 0 Å². The van der Waals surface area contributed by atoms with Crippen LogP contribution in [0.3, 0.4) is 0 Å². The molecule has 3 heterocycles. The number of rotatable bonds is 14. The van der Waals surface area contributed by atoms with Gasteiger partial charge in [0.15, 0.2) is 0 Å². The zero-order valence-corrected chi connectivity index (χ0v) is 28.3. The van der Waals surface area contributed by atoms with Gasteiger partial charge in [0.05, 0.1) is 30.1 Å². The predicted octanol–water partition coefficient (Wildman–Crippen LogP) is 5.31. The standard InChI is InChI=1S/C40H51N3O5/c1-4-24-41(27-30-18-12-8-13-19-30)36(45)33-34-37(46)43(32(28-44)26-29-16-10-7-11-17-29)35(40(34)23-22-39(33,6-3)48-40)38(47)42(25-5-2)31-20-14-9-15-21-31/h4-5,7-8,10-13,16-19,31-35,44H,1-2,6,9,14-15,20-28H2,3H3/t32-,33+,34+,35?,39-,40?/m1/s1. The molecule has 3 saturated heterocycles. The second kappa shape index (κ2) is 14.4. The van der Waals surface area contributed by atoms with Crippen molar-refractivity contribution in [3.05, 3.63) is 97.1 Å². The summed E-state index contributed by atoms with van der Waals surface area (Å²) in [4.78, 5) is 50.4. The minimum atomic E-state index is -1.17. The van der Waals surface area contributed by atoms with Crippen LogP contribution in [0.15, 0.2) is 86.0 Å². The maximum Gasteiger partial charge on any atom is 0.248 e. The van der Waals surface area contributed by atoms with Gasteiger partial charge in [-0.1, -0.05) is 99.0 Å². The molecule has 4 aliphatic rings. The number of aliphatic hydroxyl groups excluding tert-OH is 1. The molecular weight excluding hydrogens is 602 g/mol. The average molecular weight is 654 g/mol. The first-order valence-electron chi connectivity index (χ1n) is 17.9. The van der Waals surface area contributed by atoms with Gasteiger partial charge in [0.25, 0.3) is 0 Å². The monoisotopic (exact) mass is 653 g/mol. The number of nitrogens with zero attached hydrogens (tertiary/aromatic N) is 3. The van der Waals surface area contributed by atoms with Crippen molar-refractivity contribution in [2.75, 3.05) is 19.7 Å². The Morgan fingerprint density at radius 2 is 1.60 bits per heavy atom. The fourth-order valence-electron chi connectivity index (χ4n) is 9.34. The minimum Gasteiger partial charge on any atom is -0.394 e. The van der Waals surface area contributed by atoms with Crippen molar-refractivity contribution in [1.29, 1.82) is 0 Å². The highest BCUT2D eigenvalue weighted by molar-refractivity contribution is 5.99. The summed E-state index contributed by atoms with van der Waals surface area (Å²) in [5.74, 6) is -2.16. The summed E-state index contributed by atoms with van der Waals surface area (Å²) in [6.45, 7) is 10.7. The molecular formula is C40H51N3O5. The van der Waals surface area contributed by atoms with E-state index in [1.807, 2.05) is 72.5 Å². The molecule has 1 spiro atoms. The molecule has 2 unspecified atom stereocenters. The lowest BCUT2D eigenvalue weighted by molar-refractivity contribution is -0.159. The van der Waals surface area contributed by atoms with E-state index >= 15 is 9.59 Å². The SMILES string of the molecule is C=CCN(Cc1ccccc1)C(=O)[C@@H]1[C@H]2C(=O)N([C@@H](CO)Cc3ccccc3)C(C(=O)N(CC=C)C3CCCCC3)C23CC[C@@]1(CC)O3. The van der Waals surface area contributed by atoms with E-state index in [4.69, 9.17) is 4.74 Å². The molecule has 4 fully saturated rings. The predicted molar refractivity (Wildman–Crippen MR) is 186 cm³/mol. The van der Waals surface area contributed by atoms with Gasteiger partial charge in [0.2, 0.25) is 17.7 Å². The number of ether oxygens (including phenoxy) is 1. The van der Waals surface area contributed by atoms with E-state index in [0.29, 0.717) is 45.3 Å². The van der Waals surface area contributed by atoms with Crippen LogP contribution >= 0.6 is 0 Å². The highest BCUT2D eigenvalue weighted by Gasteiger charge is 2.79. The second-order valence-electron chi connectivity index (χ2n) is 14.2. The Morgan fingerprint density at radius 1 is 0.958 bits per heavy atom. The van der Waals surface area contributed by atoms with Crippen LogP contribution in [-0.4, -0.2) is 86.6 Å². The van der Waals surface area contributed by atoms with Crippen LogP contribution in [-0.2, 0) is 32.1 Å². The van der Waals surface area contributed by atoms with Crippen LogP contribution in [0.25, 0.3) is 0 Å². The van der Waals surface area contributed by atoms with E-state index in [2.05, 4.69) is 13.2 Å². The quantitative estimate of drug-likeness (QED) is 0.280. The summed E-state index contributed by atoms with van der Waals surface area (Å²) in [5, 5.41) is 10.9. The van der Waals surface area contributed by atoms with E-state index in [1.165, 1.54) is 0 Å². The molecule has 48 heavy (non-hydrogen) atoms. The van der Waals surface area contributed by atoms with Crippen LogP contribution in [0.1, 0.15) is 69.4 Å². The molecule has 6 rings (SSSR count). The van der Waals surface area contributed by atoms with Crippen LogP contribution < -0.4 is 0 Å². The number of hydrogen-bond acceptors (Lipinski definition) is 5. The van der Waals surface area contributed by atoms with Crippen molar-refractivity contribution in [3.63, 3.8) is 0 Å². The fourth-order valence-corrected chi connectivity index (χ4v) is 9.34. The molecule has 2 aromatic rings. The maximum atomic E-state index is 15.1. The largest absolute Gasteiger partial charge is 0.394 e. The molecule has 0 radical (unpaired) electrons. The van der Waals surface area contributed by atoms with Gasteiger partial charge in [-0.05, 0) is 49.7 Å². The molecule has 2 aromatic carbocycles. The van der Waals surface area contributed by atoms with Crippen molar-refractivity contribution < 1.29 is 24.2 Å². The van der Waals surface area contributed by atoms with E-state index in [-0.39, 0.29) is 30.4 Å². The fraction of sp³-hybridized carbons (Fsp3) is 0.525. The van der Waals surface area contributed by atoms with Crippen LogP contribution in [0.2, 0.25) is 0 Å². The third kappa shape index (κ3) is 5.91. The van der Waals surface area contributed by atoms with E-state index in [1.54, 1.807) is 22.0 Å². The van der Waals surface area contributed by atoms with Crippen molar-refractivity contribution in [1.82, 2.24) is 14.7 Å². The van der Waals surface area contributed by atoms with Crippen molar-refractivity contribution in [2.45, 2.75) is 101 Å². The average Bonchev–Trinajstić information content (AvgIpc) is 3.73. The summed E-state index contributed by atoms with van der Waals surface area (Å²) in [7, 11) is 0. The van der Waals surface area contributed by atoms with Crippen LogP contribution in [0.4, 0.5) is 0 Å². The number of likely N-dealkylation sites (tertiary alicyclic amines) is 1. The molecule has 2 bridgehead atoms. The van der Waals surface area contributed by atoms with Gasteiger partial charge in [-0.2, -0.15) is 0 Å². The van der Waals surface area contributed by atoms with Gasteiger partial charge in [0.1, 0.15) is 11.6 Å². The summed E-state index contributed by atoms with van der Waals surface area (Å²) < 4.78 is 7.14. The number of carbonyl (C=O) groups is 3. The smallest absolute Gasteiger partial charge is 0.248 e. The highest BCUT2D eigenvalue weighted by Crippen LogP contribution is 2.65. The lowest BCUT2D eigenvalue weighted by atomic mass is 9.64. The topological polar surface area (TPSA) is 90.4 Å². The molecule has 6 atom stereocenters. The van der Waals surface area contributed by atoms with Gasteiger partial charge in [0, 0.05) is 25.7 Å². The van der Waals surface area contributed by atoms with Gasteiger partial charge < -0.3 is 24.5 Å². The number of amides is 3. The molecule has 256 valence electrons. The zero-order chi connectivity index (χ0) is 33.9. The Hall–Kier alpha value is -3.75. The Kier molecular flexibility index (Phi) is 10.2. The molecule has 0 aromatic heterocycles. The number of aliphatic hydroxyl groups is 1. The van der Waals surface area contributed by atoms with Gasteiger partial charge >= 0.3 is 0 Å². The summed E-state index contributed by atoms with van der Waals surface area (Å²) >= 11 is 0. The number of benzene rings is 2. The summed E-state index contributed by atoms with van der Waals surface area (Å²) in [5.41, 5.74) is -0.0844. The van der Waals surface area contributed by atoms with E-state index < -0.39 is 35.1 Å². The van der Waals surface area contributed by atoms with Crippen molar-refractivity contribution in [3.8, 4) is 0 Å². The lowest BCUT2D eigenvalue weighted by Crippen LogP contribution is -2.60. The van der Waals surface area contributed by atoms with Gasteiger partial charge in [-0.3, -0.25) is 14.4 Å². The molecule has 1 N–H and O–H groups in total. The molecule has 1 saturated carbocycles. The third-order valence-electron chi connectivity index (χ3n) is 11.5. The molecule has 8 nitrogen and oxygen atoms in total. The Bertz CT molecular complexity index is 1480. The molecule has 8 heteroatoms. The first kappa shape index (κ1) is 34.1. The molecule has 3 amide bonds. The lowest BCUT2D eigenvalue weighted by Gasteiger charge is -2.42. The van der Waals surface area contributed by atoms with E-state index in [0.717, 1.165) is 43.2 Å². The van der Waals surface area contributed by atoms with Gasteiger partial charge in [-0.25, -0.2) is 0 Å². The zero-order valence-electron chi connectivity index (χ0n) is 28.3. The Labute approximate surface area is 285 Å². The van der Waals surface area contributed by atoms with Crippen LogP contribution in [0, 0.1) is 11.8 Å². The third-order valence-corrected chi connectivity index (χ3v) is 11.5. The van der Waals surface area contributed by atoms with Crippen molar-refractivity contribution >= 4 is 17.7 Å². The Balaban J connectivity index is 1.44. The number of fused-ring (bicyclic) bond motifs is 1. The Morgan fingerprint density at radius 3 is 2.21 bits per heavy atom. The highest BCUT2D eigenvalue weighted by atomic mass is 16.5. The van der Waals surface area contributed by atoms with E-state index in [9.17, 15) is 9.90 Å². The molecule has 1 aliphatic carbocycles. The first-order valence-corrected chi connectivity index (χ1v) is 17.9. The summed E-state index contributed by atoms with van der Waals surface area (Å²) in [6, 6.07) is 18.0. The van der Waals surface area contributed by atoms with Gasteiger partial charge in [-0.15, -0.1) is 13.2 Å². The molecule has 3 aliphatic heterocycles. The second-order valence-corrected chi connectivity index (χ2v) is 14.2. The summed E-state index contributed by atoms with van der Waals surface area (Å²) in [6.07, 6.45) is 10.6. The number of hydrogen-bond donors (Lipinski definition) is 1. The van der Waals surface area contributed by atoms with Crippen molar-refractivity contribution in [2.24, 2.45) is 11.8 Å². The first-order chi connectivity index (χ1) is 23.3.